The lowest BCUT2D eigenvalue weighted by atomic mass is 10.1. The van der Waals surface area contributed by atoms with Gasteiger partial charge in [0.15, 0.2) is 0 Å². The zero-order chi connectivity index (χ0) is 22.4. The average molecular weight is 461 g/mol. The molecule has 0 saturated carbocycles. The van der Waals surface area contributed by atoms with E-state index in [1.165, 1.54) is 12.8 Å². The van der Waals surface area contributed by atoms with Crippen molar-refractivity contribution < 1.29 is 0 Å². The summed E-state index contributed by atoms with van der Waals surface area (Å²) in [6, 6.07) is 8.97. The fourth-order valence-corrected chi connectivity index (χ4v) is 4.39. The van der Waals surface area contributed by atoms with Crippen LogP contribution in [0.3, 0.4) is 0 Å². The molecule has 0 atom stereocenters. The lowest BCUT2D eigenvalue weighted by Crippen LogP contribution is -2.24. The number of anilines is 1. The van der Waals surface area contributed by atoms with E-state index in [0.29, 0.717) is 21.2 Å². The smallest absolute Gasteiger partial charge is 0.258 e. The molecule has 2 aromatic heterocycles. The summed E-state index contributed by atoms with van der Waals surface area (Å²) in [7, 11) is 1.76. The molecule has 0 radical (unpaired) electrons. The Kier molecular flexibility index (Phi) is 8.35. The number of hydrogen-bond donors (Lipinski definition) is 1. The molecular weight excluding hydrogens is 431 g/mol. The summed E-state index contributed by atoms with van der Waals surface area (Å²) in [5, 5.41) is 5.15. The molecule has 2 heterocycles. The Morgan fingerprint density at radius 2 is 1.77 bits per heavy atom. The molecule has 0 aliphatic rings. The van der Waals surface area contributed by atoms with Gasteiger partial charge in [-0.1, -0.05) is 49.5 Å². The molecule has 166 valence electrons. The van der Waals surface area contributed by atoms with Crippen molar-refractivity contribution in [3.8, 4) is 11.1 Å². The van der Waals surface area contributed by atoms with Crippen LogP contribution in [0.25, 0.3) is 22.0 Å². The Hall–Kier alpha value is -2.08. The summed E-state index contributed by atoms with van der Waals surface area (Å²) in [5.41, 5.74) is 1.70. The summed E-state index contributed by atoms with van der Waals surface area (Å²) in [5.74, 6) is 0.773. The van der Waals surface area contributed by atoms with Crippen molar-refractivity contribution in [1.29, 1.82) is 0 Å². The largest absolute Gasteiger partial charge is 0.370 e. The molecule has 0 aliphatic carbocycles. The van der Waals surface area contributed by atoms with E-state index >= 15 is 0 Å². The Bertz CT molecular complexity index is 1070. The average Bonchev–Trinajstić information content (AvgIpc) is 2.76. The molecule has 1 aromatic carbocycles. The van der Waals surface area contributed by atoms with Crippen LogP contribution in [0.15, 0.2) is 41.3 Å². The standard InChI is InChI=1S/C24H30Cl2N4O/c1-4-30(5-2)13-8-6-7-12-27-22-15-21-17(16-28-22)14-18(24(31)29(21)3)23-19(25)10-9-11-20(23)26/h9-11,14-16H,4-8,12-13H2,1-3H3,(H,27,28). The number of nitrogens with one attached hydrogen (secondary N) is 1. The predicted molar refractivity (Wildman–Crippen MR) is 133 cm³/mol. The molecule has 7 heteroatoms. The second-order valence-electron chi connectivity index (χ2n) is 7.66. The first-order valence-corrected chi connectivity index (χ1v) is 11.6. The SMILES string of the molecule is CCN(CC)CCCCCNc1cc2c(cn1)cc(-c1c(Cl)cccc1Cl)c(=O)n2C. The second kappa shape index (κ2) is 11.0. The van der Waals surface area contributed by atoms with Crippen LogP contribution in [-0.4, -0.2) is 40.6 Å². The van der Waals surface area contributed by atoms with Gasteiger partial charge in [-0.2, -0.15) is 0 Å². The van der Waals surface area contributed by atoms with Crippen LogP contribution in [0.4, 0.5) is 5.82 Å². The normalized spacial score (nSPS) is 11.4. The van der Waals surface area contributed by atoms with E-state index in [2.05, 4.69) is 29.0 Å². The molecule has 0 amide bonds. The summed E-state index contributed by atoms with van der Waals surface area (Å²) < 4.78 is 1.63. The van der Waals surface area contributed by atoms with Crippen molar-refractivity contribution in [2.24, 2.45) is 7.05 Å². The van der Waals surface area contributed by atoms with Crippen LogP contribution >= 0.6 is 23.2 Å². The van der Waals surface area contributed by atoms with E-state index in [1.54, 1.807) is 36.0 Å². The summed E-state index contributed by atoms with van der Waals surface area (Å²) in [6.45, 7) is 8.64. The van der Waals surface area contributed by atoms with E-state index in [4.69, 9.17) is 23.2 Å². The van der Waals surface area contributed by atoms with Gasteiger partial charge in [-0.25, -0.2) is 4.98 Å². The highest BCUT2D eigenvalue weighted by atomic mass is 35.5. The maximum Gasteiger partial charge on any atom is 0.258 e. The number of nitrogens with zero attached hydrogens (tertiary/aromatic N) is 3. The summed E-state index contributed by atoms with van der Waals surface area (Å²) >= 11 is 12.7. The Labute approximate surface area is 194 Å². The van der Waals surface area contributed by atoms with E-state index < -0.39 is 0 Å². The zero-order valence-corrected chi connectivity index (χ0v) is 19.9. The minimum Gasteiger partial charge on any atom is -0.370 e. The Balaban J connectivity index is 1.72. The third-order valence-electron chi connectivity index (χ3n) is 5.69. The number of halogens is 2. The van der Waals surface area contributed by atoms with Gasteiger partial charge in [-0.15, -0.1) is 0 Å². The first kappa shape index (κ1) is 23.6. The van der Waals surface area contributed by atoms with Crippen molar-refractivity contribution in [2.45, 2.75) is 33.1 Å². The number of fused-ring (bicyclic) bond motifs is 1. The van der Waals surface area contributed by atoms with Crippen molar-refractivity contribution in [2.75, 3.05) is 31.5 Å². The lowest BCUT2D eigenvalue weighted by molar-refractivity contribution is 0.296. The molecule has 3 aromatic rings. The van der Waals surface area contributed by atoms with Gasteiger partial charge < -0.3 is 14.8 Å². The molecule has 5 nitrogen and oxygen atoms in total. The van der Waals surface area contributed by atoms with Gasteiger partial charge >= 0.3 is 0 Å². The van der Waals surface area contributed by atoms with Gasteiger partial charge in [0.25, 0.3) is 5.56 Å². The first-order chi connectivity index (χ1) is 15.0. The first-order valence-electron chi connectivity index (χ1n) is 10.9. The highest BCUT2D eigenvalue weighted by molar-refractivity contribution is 6.39. The number of unbranched alkanes of at least 4 members (excludes halogenated alkanes) is 2. The van der Waals surface area contributed by atoms with Crippen LogP contribution < -0.4 is 10.9 Å². The van der Waals surface area contributed by atoms with Crippen molar-refractivity contribution in [3.05, 3.63) is 56.9 Å². The van der Waals surface area contributed by atoms with Gasteiger partial charge in [0.05, 0.1) is 21.1 Å². The van der Waals surface area contributed by atoms with Crippen molar-refractivity contribution in [1.82, 2.24) is 14.5 Å². The van der Waals surface area contributed by atoms with Crippen molar-refractivity contribution in [3.63, 3.8) is 0 Å². The number of benzene rings is 1. The fourth-order valence-electron chi connectivity index (χ4n) is 3.79. The Morgan fingerprint density at radius 3 is 2.45 bits per heavy atom. The topological polar surface area (TPSA) is 50.2 Å². The highest BCUT2D eigenvalue weighted by Gasteiger charge is 2.15. The summed E-state index contributed by atoms with van der Waals surface area (Å²) in [4.78, 5) is 20.0. The third kappa shape index (κ3) is 5.59. The van der Waals surface area contributed by atoms with Gasteiger partial charge in [-0.05, 0) is 50.7 Å². The molecule has 0 spiro atoms. The monoisotopic (exact) mass is 460 g/mol. The van der Waals surface area contributed by atoms with E-state index in [-0.39, 0.29) is 5.56 Å². The third-order valence-corrected chi connectivity index (χ3v) is 6.32. The quantitative estimate of drug-likeness (QED) is 0.386. The molecule has 0 aliphatic heterocycles. The van der Waals surface area contributed by atoms with Crippen LogP contribution in [0, 0.1) is 0 Å². The molecule has 1 N–H and O–H groups in total. The van der Waals surface area contributed by atoms with Crippen molar-refractivity contribution >= 4 is 39.9 Å². The predicted octanol–water partition coefficient (Wildman–Crippen LogP) is 5.83. The number of hydrogen-bond acceptors (Lipinski definition) is 4. The van der Waals surface area contributed by atoms with E-state index in [1.807, 2.05) is 12.1 Å². The number of aromatic nitrogens is 2. The number of rotatable bonds is 10. The van der Waals surface area contributed by atoms with Crippen LogP contribution in [0.1, 0.15) is 33.1 Å². The highest BCUT2D eigenvalue weighted by Crippen LogP contribution is 2.34. The number of pyridine rings is 2. The van der Waals surface area contributed by atoms with Gasteiger partial charge in [-0.3, -0.25) is 4.79 Å². The Morgan fingerprint density at radius 1 is 1.06 bits per heavy atom. The molecule has 0 saturated heterocycles. The van der Waals surface area contributed by atoms with Crippen LogP contribution in [-0.2, 0) is 7.05 Å². The maximum absolute atomic E-state index is 13.0. The molecule has 3 rings (SSSR count). The fraction of sp³-hybridized carbons (Fsp3) is 0.417. The second-order valence-corrected chi connectivity index (χ2v) is 8.48. The van der Waals surface area contributed by atoms with Gasteiger partial charge in [0.2, 0.25) is 0 Å². The molecule has 0 unspecified atom stereocenters. The van der Waals surface area contributed by atoms with Gasteiger partial charge in [0, 0.05) is 36.8 Å². The molecular formula is C24H30Cl2N4O. The molecule has 0 bridgehead atoms. The van der Waals surface area contributed by atoms with E-state index in [0.717, 1.165) is 49.3 Å². The lowest BCUT2D eigenvalue weighted by Gasteiger charge is -2.17. The minimum absolute atomic E-state index is 0.143. The number of aryl methyl sites for hydroxylation is 1. The molecule has 0 fully saturated rings. The maximum atomic E-state index is 13.0. The van der Waals surface area contributed by atoms with Gasteiger partial charge in [0.1, 0.15) is 5.82 Å². The molecule has 31 heavy (non-hydrogen) atoms. The zero-order valence-electron chi connectivity index (χ0n) is 18.4. The van der Waals surface area contributed by atoms with Crippen LogP contribution in [0.5, 0.6) is 0 Å². The summed E-state index contributed by atoms with van der Waals surface area (Å²) in [6.07, 6.45) is 5.25. The van der Waals surface area contributed by atoms with Crippen LogP contribution in [0.2, 0.25) is 10.0 Å². The van der Waals surface area contributed by atoms with E-state index in [9.17, 15) is 4.79 Å². The minimum atomic E-state index is -0.143.